The van der Waals surface area contributed by atoms with E-state index in [0.29, 0.717) is 18.2 Å². The molecule has 1 aromatic carbocycles. The van der Waals surface area contributed by atoms with Gasteiger partial charge in [0.15, 0.2) is 0 Å². The van der Waals surface area contributed by atoms with Gasteiger partial charge in [-0.1, -0.05) is 6.07 Å². The van der Waals surface area contributed by atoms with Crippen LogP contribution in [0.4, 0.5) is 5.69 Å². The molecule has 2 saturated heterocycles. The minimum Gasteiger partial charge on any atom is -0.391 e. The van der Waals surface area contributed by atoms with Crippen molar-refractivity contribution in [2.75, 3.05) is 31.6 Å². The Labute approximate surface area is 150 Å². The van der Waals surface area contributed by atoms with Crippen molar-refractivity contribution in [2.45, 2.75) is 51.2 Å². The fourth-order valence-electron chi connectivity index (χ4n) is 3.89. The Bertz CT molecular complexity index is 572. The summed E-state index contributed by atoms with van der Waals surface area (Å²) >= 11 is 0. The van der Waals surface area contributed by atoms with Crippen LogP contribution in [0.15, 0.2) is 24.3 Å². The zero-order chi connectivity index (χ0) is 17.6. The molecule has 5 heteroatoms. The van der Waals surface area contributed by atoms with Crippen molar-refractivity contribution in [3.63, 3.8) is 0 Å². The van der Waals surface area contributed by atoms with Gasteiger partial charge in [0.25, 0.3) is 5.91 Å². The maximum absolute atomic E-state index is 12.7. The van der Waals surface area contributed by atoms with Gasteiger partial charge in [0, 0.05) is 43.6 Å². The van der Waals surface area contributed by atoms with Crippen molar-refractivity contribution < 1.29 is 14.6 Å². The van der Waals surface area contributed by atoms with Crippen molar-refractivity contribution in [3.05, 3.63) is 29.8 Å². The highest BCUT2D eigenvalue weighted by Crippen LogP contribution is 2.23. The predicted octanol–water partition coefficient (Wildman–Crippen LogP) is 2.90. The highest BCUT2D eigenvalue weighted by molar-refractivity contribution is 5.95. The Morgan fingerprint density at radius 1 is 1.36 bits per heavy atom. The fourth-order valence-corrected chi connectivity index (χ4v) is 3.89. The van der Waals surface area contributed by atoms with E-state index in [1.165, 1.54) is 0 Å². The Hall–Kier alpha value is -1.59. The van der Waals surface area contributed by atoms with Crippen LogP contribution in [0.2, 0.25) is 0 Å². The Balaban J connectivity index is 1.57. The smallest absolute Gasteiger partial charge is 0.254 e. The van der Waals surface area contributed by atoms with Crippen LogP contribution >= 0.6 is 0 Å². The van der Waals surface area contributed by atoms with Crippen molar-refractivity contribution in [3.8, 4) is 0 Å². The molecule has 3 rings (SSSR count). The second-order valence-corrected chi connectivity index (χ2v) is 7.46. The number of carbonyl (C=O) groups excluding carboxylic acids is 1. The van der Waals surface area contributed by atoms with E-state index in [1.54, 1.807) is 4.90 Å². The third kappa shape index (κ3) is 5.19. The van der Waals surface area contributed by atoms with Crippen molar-refractivity contribution in [2.24, 2.45) is 5.92 Å². The number of rotatable bonds is 5. The molecule has 2 aliphatic rings. The van der Waals surface area contributed by atoms with E-state index in [0.717, 1.165) is 63.5 Å². The molecule has 2 atom stereocenters. The van der Waals surface area contributed by atoms with E-state index in [9.17, 15) is 9.90 Å². The first-order valence-corrected chi connectivity index (χ1v) is 9.53. The molecule has 5 nitrogen and oxygen atoms in total. The first-order valence-electron chi connectivity index (χ1n) is 9.53. The molecule has 138 valence electrons. The first kappa shape index (κ1) is 18.2. The number of anilines is 1. The molecule has 0 aliphatic carbocycles. The largest absolute Gasteiger partial charge is 0.391 e. The standard InChI is InChI=1S/C20H30N2O3/c1-15(12-16-7-10-25-11-8-16)21-18-5-2-4-17(13-18)20(24)22-9-3-6-19(23)14-22/h2,4-5,13,15-16,19,21,23H,3,6-12,14H2,1H3. The summed E-state index contributed by atoms with van der Waals surface area (Å²) in [7, 11) is 0. The summed E-state index contributed by atoms with van der Waals surface area (Å²) in [4.78, 5) is 14.4. The SMILES string of the molecule is CC(CC1CCOCC1)Nc1cccc(C(=O)N2CCCC(O)C2)c1. The second kappa shape index (κ2) is 8.68. The van der Waals surface area contributed by atoms with E-state index in [4.69, 9.17) is 4.74 Å². The highest BCUT2D eigenvalue weighted by Gasteiger charge is 2.23. The number of nitrogens with zero attached hydrogens (tertiary/aromatic N) is 1. The molecule has 0 saturated carbocycles. The van der Waals surface area contributed by atoms with Crippen LogP contribution in [0.3, 0.4) is 0 Å². The second-order valence-electron chi connectivity index (χ2n) is 7.46. The molecule has 2 fully saturated rings. The summed E-state index contributed by atoms with van der Waals surface area (Å²) in [6.45, 7) is 5.13. The zero-order valence-electron chi connectivity index (χ0n) is 15.1. The number of carbonyl (C=O) groups is 1. The molecule has 2 unspecified atom stereocenters. The van der Waals surface area contributed by atoms with Gasteiger partial charge in [-0.2, -0.15) is 0 Å². The summed E-state index contributed by atoms with van der Waals surface area (Å²) in [6.07, 6.45) is 4.67. The van der Waals surface area contributed by atoms with E-state index < -0.39 is 6.10 Å². The molecule has 25 heavy (non-hydrogen) atoms. The van der Waals surface area contributed by atoms with Gasteiger partial charge in [-0.05, 0) is 63.1 Å². The number of aliphatic hydroxyl groups excluding tert-OH is 1. The highest BCUT2D eigenvalue weighted by atomic mass is 16.5. The minimum atomic E-state index is -0.390. The van der Waals surface area contributed by atoms with Crippen molar-refractivity contribution in [1.82, 2.24) is 4.90 Å². The number of hydrogen-bond acceptors (Lipinski definition) is 4. The summed E-state index contributed by atoms with van der Waals surface area (Å²) in [5.74, 6) is 0.732. The molecule has 0 spiro atoms. The van der Waals surface area contributed by atoms with Gasteiger partial charge in [-0.3, -0.25) is 4.79 Å². The predicted molar refractivity (Wildman–Crippen MR) is 98.8 cm³/mol. The van der Waals surface area contributed by atoms with Crippen LogP contribution in [0.25, 0.3) is 0 Å². The van der Waals surface area contributed by atoms with Crippen LogP contribution in [0.5, 0.6) is 0 Å². The molecule has 2 heterocycles. The lowest BCUT2D eigenvalue weighted by molar-refractivity contribution is 0.0474. The molecule has 2 aliphatic heterocycles. The molecule has 0 aromatic heterocycles. The number of likely N-dealkylation sites (tertiary alicyclic amines) is 1. The number of piperidine rings is 1. The molecular formula is C20H30N2O3. The summed E-state index contributed by atoms with van der Waals surface area (Å²) < 4.78 is 5.43. The number of nitrogens with one attached hydrogen (secondary N) is 1. The molecule has 0 bridgehead atoms. The lowest BCUT2D eigenvalue weighted by atomic mass is 9.93. The topological polar surface area (TPSA) is 61.8 Å². The Morgan fingerprint density at radius 2 is 2.16 bits per heavy atom. The monoisotopic (exact) mass is 346 g/mol. The van der Waals surface area contributed by atoms with E-state index >= 15 is 0 Å². The van der Waals surface area contributed by atoms with Gasteiger partial charge in [0.1, 0.15) is 0 Å². The maximum Gasteiger partial charge on any atom is 0.254 e. The lowest BCUT2D eigenvalue weighted by Crippen LogP contribution is -2.42. The van der Waals surface area contributed by atoms with E-state index in [-0.39, 0.29) is 5.91 Å². The molecule has 1 aromatic rings. The van der Waals surface area contributed by atoms with Crippen LogP contribution in [0, 0.1) is 5.92 Å². The average molecular weight is 346 g/mol. The fraction of sp³-hybridized carbons (Fsp3) is 0.650. The Kier molecular flexibility index (Phi) is 6.32. The maximum atomic E-state index is 12.7. The van der Waals surface area contributed by atoms with Crippen LogP contribution in [-0.2, 0) is 4.74 Å². The van der Waals surface area contributed by atoms with Crippen LogP contribution < -0.4 is 5.32 Å². The van der Waals surface area contributed by atoms with Crippen LogP contribution in [0.1, 0.15) is 49.4 Å². The average Bonchev–Trinajstić information content (AvgIpc) is 2.62. The van der Waals surface area contributed by atoms with E-state index in [2.05, 4.69) is 12.2 Å². The quantitative estimate of drug-likeness (QED) is 0.861. The Morgan fingerprint density at radius 3 is 2.92 bits per heavy atom. The third-order valence-corrected chi connectivity index (χ3v) is 5.23. The number of benzene rings is 1. The number of amides is 1. The molecule has 2 N–H and O–H groups in total. The van der Waals surface area contributed by atoms with Crippen LogP contribution in [-0.4, -0.2) is 54.4 Å². The van der Waals surface area contributed by atoms with Crippen molar-refractivity contribution in [1.29, 1.82) is 0 Å². The van der Waals surface area contributed by atoms with Gasteiger partial charge >= 0.3 is 0 Å². The number of aliphatic hydroxyl groups is 1. The van der Waals surface area contributed by atoms with Gasteiger partial charge in [0.2, 0.25) is 0 Å². The minimum absolute atomic E-state index is 0.0134. The van der Waals surface area contributed by atoms with Gasteiger partial charge in [-0.15, -0.1) is 0 Å². The number of hydrogen-bond donors (Lipinski definition) is 2. The molecule has 0 radical (unpaired) electrons. The summed E-state index contributed by atoms with van der Waals surface area (Å²) in [6, 6.07) is 8.10. The van der Waals surface area contributed by atoms with Crippen molar-refractivity contribution >= 4 is 11.6 Å². The third-order valence-electron chi connectivity index (χ3n) is 5.23. The summed E-state index contributed by atoms with van der Waals surface area (Å²) in [5.41, 5.74) is 1.68. The van der Waals surface area contributed by atoms with Gasteiger partial charge < -0.3 is 20.1 Å². The van der Waals surface area contributed by atoms with E-state index in [1.807, 2.05) is 24.3 Å². The number of ether oxygens (including phenoxy) is 1. The summed E-state index contributed by atoms with van der Waals surface area (Å²) in [5, 5.41) is 13.3. The lowest BCUT2D eigenvalue weighted by Gasteiger charge is -2.30. The van der Waals surface area contributed by atoms with Gasteiger partial charge in [-0.25, -0.2) is 0 Å². The molecular weight excluding hydrogens is 316 g/mol. The first-order chi connectivity index (χ1) is 12.1. The normalized spacial score (nSPS) is 23.3. The van der Waals surface area contributed by atoms with Gasteiger partial charge in [0.05, 0.1) is 6.10 Å². The number of β-amino-alcohol motifs (C(OH)–C–C–N with tert-alkyl or cyclic N) is 1. The zero-order valence-corrected chi connectivity index (χ0v) is 15.1. The molecule has 1 amide bonds.